The average Bonchev–Trinajstić information content (AvgIpc) is 3.15. The monoisotopic (exact) mass is 656 g/mol. The molecular formula is C31H30ClIN2O4. The largest absolute Gasteiger partial charge is 0.394 e. The quantitative estimate of drug-likeness (QED) is 0.271. The molecule has 0 aliphatic carbocycles. The summed E-state index contributed by atoms with van der Waals surface area (Å²) in [6, 6.07) is 20.7. The van der Waals surface area contributed by atoms with Crippen molar-refractivity contribution >= 4 is 51.7 Å². The van der Waals surface area contributed by atoms with E-state index in [4.69, 9.17) is 11.6 Å². The van der Waals surface area contributed by atoms with E-state index in [1.54, 1.807) is 47.1 Å². The summed E-state index contributed by atoms with van der Waals surface area (Å²) >= 11 is 8.53. The summed E-state index contributed by atoms with van der Waals surface area (Å²) < 4.78 is 1.10. The molecule has 5 rings (SSSR count). The first kappa shape index (κ1) is 27.8. The first-order valence-corrected chi connectivity index (χ1v) is 14.4. The maximum atomic E-state index is 13.7. The van der Waals surface area contributed by atoms with E-state index in [1.807, 2.05) is 48.5 Å². The van der Waals surface area contributed by atoms with Gasteiger partial charge in [0.1, 0.15) is 0 Å². The van der Waals surface area contributed by atoms with Gasteiger partial charge in [-0.25, -0.2) is 0 Å². The van der Waals surface area contributed by atoms with E-state index in [0.29, 0.717) is 35.8 Å². The minimum Gasteiger partial charge on any atom is -0.394 e. The third kappa shape index (κ3) is 5.37. The second-order valence-corrected chi connectivity index (χ2v) is 11.9. The van der Waals surface area contributed by atoms with E-state index in [2.05, 4.69) is 22.6 Å². The Morgan fingerprint density at radius 1 is 1.15 bits per heavy atom. The Labute approximate surface area is 247 Å². The van der Waals surface area contributed by atoms with Crippen molar-refractivity contribution in [3.8, 4) is 0 Å². The lowest BCUT2D eigenvalue weighted by Crippen LogP contribution is -2.46. The summed E-state index contributed by atoms with van der Waals surface area (Å²) in [5.74, 6) is -1.15. The number of halogens is 2. The molecule has 0 bridgehead atoms. The standard InChI is InChI=1S/C31H30ClIN2O4/c1-20(5-4-8-29(37)34-18-23-7-3-2-6-22(23)15-26(34)19-36)31(39)27-16-24(32)11-14-28(27)35(30(31)38)17-21-9-12-25(33)13-10-21/h2-7,9-14,16,20,26,36,39H,8,15,17-19H2,1H3/b5-4+/t20-,26-,31+/m0/s1. The number of carbonyl (C=O) groups excluding carboxylic acids is 2. The molecule has 0 saturated carbocycles. The molecule has 0 unspecified atom stereocenters. The second-order valence-electron chi connectivity index (χ2n) is 10.2. The molecule has 202 valence electrons. The molecule has 0 saturated heterocycles. The number of aliphatic hydroxyl groups is 2. The lowest BCUT2D eigenvalue weighted by Gasteiger charge is -2.36. The van der Waals surface area contributed by atoms with Crippen LogP contribution in [0.3, 0.4) is 0 Å². The van der Waals surface area contributed by atoms with Gasteiger partial charge in [0.15, 0.2) is 5.60 Å². The van der Waals surface area contributed by atoms with Crippen LogP contribution in [-0.4, -0.2) is 39.6 Å². The Kier molecular flexibility index (Phi) is 8.14. The number of amides is 2. The molecule has 6 nitrogen and oxygen atoms in total. The van der Waals surface area contributed by atoms with Crippen LogP contribution in [-0.2, 0) is 34.7 Å². The fourth-order valence-corrected chi connectivity index (χ4v) is 6.05. The zero-order chi connectivity index (χ0) is 27.7. The number of aliphatic hydroxyl groups excluding tert-OH is 1. The number of benzene rings is 3. The second kappa shape index (κ2) is 11.4. The van der Waals surface area contributed by atoms with E-state index < -0.39 is 17.4 Å². The van der Waals surface area contributed by atoms with Gasteiger partial charge in [-0.3, -0.25) is 9.59 Å². The van der Waals surface area contributed by atoms with Gasteiger partial charge in [0.2, 0.25) is 5.91 Å². The third-order valence-corrected chi connectivity index (χ3v) is 8.70. The molecule has 2 N–H and O–H groups in total. The Bertz CT molecular complexity index is 1430. The number of anilines is 1. The van der Waals surface area contributed by atoms with Crippen LogP contribution >= 0.6 is 34.2 Å². The van der Waals surface area contributed by atoms with Gasteiger partial charge in [-0.2, -0.15) is 0 Å². The normalized spacial score (nSPS) is 21.3. The van der Waals surface area contributed by atoms with Gasteiger partial charge in [-0.1, -0.05) is 67.1 Å². The van der Waals surface area contributed by atoms with Crippen LogP contribution in [0.2, 0.25) is 5.02 Å². The molecule has 0 aromatic heterocycles. The highest BCUT2D eigenvalue weighted by atomic mass is 127. The van der Waals surface area contributed by atoms with Crippen LogP contribution in [0.15, 0.2) is 78.9 Å². The Morgan fingerprint density at radius 2 is 1.87 bits per heavy atom. The molecule has 3 atom stereocenters. The van der Waals surface area contributed by atoms with E-state index in [9.17, 15) is 19.8 Å². The van der Waals surface area contributed by atoms with Gasteiger partial charge in [0, 0.05) is 33.0 Å². The first-order valence-electron chi connectivity index (χ1n) is 12.9. The number of nitrogens with zero attached hydrogens (tertiary/aromatic N) is 2. The molecule has 0 spiro atoms. The summed E-state index contributed by atoms with van der Waals surface area (Å²) in [6.07, 6.45) is 4.14. The fourth-order valence-electron chi connectivity index (χ4n) is 5.52. The molecule has 0 fully saturated rings. The highest BCUT2D eigenvalue weighted by Gasteiger charge is 2.52. The van der Waals surface area contributed by atoms with Gasteiger partial charge in [0.05, 0.1) is 24.9 Å². The van der Waals surface area contributed by atoms with Crippen molar-refractivity contribution in [1.29, 1.82) is 0 Å². The van der Waals surface area contributed by atoms with Gasteiger partial charge in [-0.05, 0) is 76.0 Å². The van der Waals surface area contributed by atoms with Crippen LogP contribution in [0, 0.1) is 9.49 Å². The molecule has 3 aromatic rings. The minimum absolute atomic E-state index is 0.0993. The van der Waals surface area contributed by atoms with E-state index in [-0.39, 0.29) is 25.0 Å². The predicted molar refractivity (Wildman–Crippen MR) is 160 cm³/mol. The van der Waals surface area contributed by atoms with E-state index >= 15 is 0 Å². The summed E-state index contributed by atoms with van der Waals surface area (Å²) in [6.45, 7) is 2.43. The topological polar surface area (TPSA) is 81.1 Å². The maximum Gasteiger partial charge on any atom is 0.264 e. The van der Waals surface area contributed by atoms with E-state index in [0.717, 1.165) is 20.3 Å². The highest BCUT2D eigenvalue weighted by Crippen LogP contribution is 2.46. The SMILES string of the molecule is C[C@@H](/C=C/CC(=O)N1Cc2ccccc2C[C@H]1CO)[C@]1(O)C(=O)N(Cc2ccc(I)cc2)c2ccc(Cl)cc21. The smallest absolute Gasteiger partial charge is 0.264 e. The van der Waals surface area contributed by atoms with Crippen molar-refractivity contribution in [2.75, 3.05) is 11.5 Å². The van der Waals surface area contributed by atoms with Gasteiger partial charge < -0.3 is 20.0 Å². The van der Waals surface area contributed by atoms with Crippen LogP contribution in [0.4, 0.5) is 5.69 Å². The van der Waals surface area contributed by atoms with Gasteiger partial charge >= 0.3 is 0 Å². The zero-order valence-corrected chi connectivity index (χ0v) is 24.5. The van der Waals surface area contributed by atoms with Crippen molar-refractivity contribution in [1.82, 2.24) is 4.90 Å². The summed E-state index contributed by atoms with van der Waals surface area (Å²) in [5, 5.41) is 22.2. The van der Waals surface area contributed by atoms with E-state index in [1.165, 1.54) is 0 Å². The molecule has 2 aliphatic heterocycles. The highest BCUT2D eigenvalue weighted by molar-refractivity contribution is 14.1. The zero-order valence-electron chi connectivity index (χ0n) is 21.6. The summed E-state index contributed by atoms with van der Waals surface area (Å²) in [4.78, 5) is 30.2. The summed E-state index contributed by atoms with van der Waals surface area (Å²) in [7, 11) is 0. The maximum absolute atomic E-state index is 13.7. The lowest BCUT2D eigenvalue weighted by atomic mass is 9.83. The van der Waals surface area contributed by atoms with Crippen molar-refractivity contribution in [3.05, 3.63) is 110 Å². The van der Waals surface area contributed by atoms with Crippen molar-refractivity contribution in [2.24, 2.45) is 5.92 Å². The van der Waals surface area contributed by atoms with Crippen LogP contribution < -0.4 is 4.90 Å². The Morgan fingerprint density at radius 3 is 2.59 bits per heavy atom. The molecule has 8 heteroatoms. The number of carbonyl (C=O) groups is 2. The molecule has 2 heterocycles. The summed E-state index contributed by atoms with van der Waals surface area (Å²) in [5.41, 5.74) is 2.45. The molecule has 3 aromatic carbocycles. The first-order chi connectivity index (χ1) is 18.7. The predicted octanol–water partition coefficient (Wildman–Crippen LogP) is 5.21. The molecule has 2 amide bonds. The number of fused-ring (bicyclic) bond motifs is 2. The molecule has 39 heavy (non-hydrogen) atoms. The molecule has 2 aliphatic rings. The number of rotatable bonds is 7. The van der Waals surface area contributed by atoms with Crippen molar-refractivity contribution in [2.45, 2.75) is 44.5 Å². The minimum atomic E-state index is -1.82. The van der Waals surface area contributed by atoms with Gasteiger partial charge in [-0.15, -0.1) is 0 Å². The van der Waals surface area contributed by atoms with Crippen LogP contribution in [0.25, 0.3) is 0 Å². The van der Waals surface area contributed by atoms with Crippen molar-refractivity contribution in [3.63, 3.8) is 0 Å². The Balaban J connectivity index is 1.34. The third-order valence-electron chi connectivity index (χ3n) is 7.75. The molecule has 0 radical (unpaired) electrons. The van der Waals surface area contributed by atoms with Crippen LogP contribution in [0.5, 0.6) is 0 Å². The number of hydrogen-bond acceptors (Lipinski definition) is 4. The Hall–Kier alpha value is -2.72. The van der Waals surface area contributed by atoms with Gasteiger partial charge in [0.25, 0.3) is 5.91 Å². The average molecular weight is 657 g/mol. The molecular weight excluding hydrogens is 627 g/mol. The lowest BCUT2D eigenvalue weighted by molar-refractivity contribution is -0.139. The van der Waals surface area contributed by atoms with Crippen LogP contribution in [0.1, 0.15) is 35.6 Å². The number of hydrogen-bond donors (Lipinski definition) is 2. The fraction of sp³-hybridized carbons (Fsp3) is 0.290. The van der Waals surface area contributed by atoms with Crippen molar-refractivity contribution < 1.29 is 19.8 Å².